The zero-order chi connectivity index (χ0) is 16.2. The maximum Gasteiger partial charge on any atom is 0.319 e. The Kier molecular flexibility index (Phi) is 4.76. The number of anilines is 2. The standard InChI is InChI=1S/C16H19FN4OS/c1-11-18-9-13(23-11)10-19-16(22)20-12-4-5-15(14(17)8-12)21-6-2-3-7-21/h4-5,8-9H,2-3,6-7,10H2,1H3,(H2,19,20,22). The Labute approximate surface area is 138 Å². The second-order valence-electron chi connectivity index (χ2n) is 5.51. The number of urea groups is 1. The summed E-state index contributed by atoms with van der Waals surface area (Å²) in [7, 11) is 0. The molecule has 7 heteroatoms. The van der Waals surface area contributed by atoms with Crippen LogP contribution in [0.2, 0.25) is 0 Å². The fourth-order valence-electron chi connectivity index (χ4n) is 2.63. The minimum atomic E-state index is -0.357. The molecule has 122 valence electrons. The number of hydrogen-bond donors (Lipinski definition) is 2. The molecule has 1 aliphatic heterocycles. The summed E-state index contributed by atoms with van der Waals surface area (Å²) in [6.45, 7) is 4.10. The first-order chi connectivity index (χ1) is 11.1. The molecule has 0 aliphatic carbocycles. The number of halogens is 1. The monoisotopic (exact) mass is 334 g/mol. The lowest BCUT2D eigenvalue weighted by Crippen LogP contribution is -2.28. The molecule has 2 aromatic rings. The molecule has 0 unspecified atom stereocenters. The van der Waals surface area contributed by atoms with Gasteiger partial charge in [0.1, 0.15) is 5.82 Å². The first kappa shape index (κ1) is 15.7. The van der Waals surface area contributed by atoms with Crippen molar-refractivity contribution in [3.63, 3.8) is 0 Å². The fraction of sp³-hybridized carbons (Fsp3) is 0.375. The third-order valence-corrected chi connectivity index (χ3v) is 4.66. The van der Waals surface area contributed by atoms with Crippen molar-refractivity contribution in [3.8, 4) is 0 Å². The van der Waals surface area contributed by atoms with Gasteiger partial charge in [0.15, 0.2) is 0 Å². The highest BCUT2D eigenvalue weighted by Crippen LogP contribution is 2.26. The number of thiazole rings is 1. The van der Waals surface area contributed by atoms with Gasteiger partial charge in [-0.1, -0.05) is 0 Å². The van der Waals surface area contributed by atoms with Crippen LogP contribution in [0, 0.1) is 12.7 Å². The Hall–Kier alpha value is -2.15. The third-order valence-electron chi connectivity index (χ3n) is 3.74. The molecule has 1 aromatic heterocycles. The normalized spacial score (nSPS) is 14.1. The summed E-state index contributed by atoms with van der Waals surface area (Å²) in [6.07, 6.45) is 3.93. The van der Waals surface area contributed by atoms with Gasteiger partial charge in [-0.15, -0.1) is 11.3 Å². The summed E-state index contributed by atoms with van der Waals surface area (Å²) in [5.74, 6) is -0.303. The maximum absolute atomic E-state index is 14.2. The van der Waals surface area contributed by atoms with Crippen molar-refractivity contribution >= 4 is 28.7 Å². The Balaban J connectivity index is 1.56. The lowest BCUT2D eigenvalue weighted by molar-refractivity contribution is 0.252. The second kappa shape index (κ2) is 6.95. The molecule has 23 heavy (non-hydrogen) atoms. The van der Waals surface area contributed by atoms with Crippen LogP contribution in [0.15, 0.2) is 24.4 Å². The van der Waals surface area contributed by atoms with Crippen LogP contribution in [-0.4, -0.2) is 24.1 Å². The number of aryl methyl sites for hydroxylation is 1. The summed E-state index contributed by atoms with van der Waals surface area (Å²) >= 11 is 1.54. The molecule has 2 amide bonds. The summed E-state index contributed by atoms with van der Waals surface area (Å²) in [5.41, 5.74) is 1.05. The fourth-order valence-corrected chi connectivity index (χ4v) is 3.36. The van der Waals surface area contributed by atoms with Gasteiger partial charge in [-0.25, -0.2) is 14.2 Å². The van der Waals surface area contributed by atoms with E-state index >= 15 is 0 Å². The number of amides is 2. The van der Waals surface area contributed by atoms with Crippen molar-refractivity contribution in [1.82, 2.24) is 10.3 Å². The van der Waals surface area contributed by atoms with Gasteiger partial charge in [-0.3, -0.25) is 0 Å². The van der Waals surface area contributed by atoms with E-state index in [-0.39, 0.29) is 11.8 Å². The number of carbonyl (C=O) groups is 1. The highest BCUT2D eigenvalue weighted by atomic mass is 32.1. The van der Waals surface area contributed by atoms with E-state index in [1.807, 2.05) is 11.8 Å². The Morgan fingerprint density at radius 3 is 2.83 bits per heavy atom. The molecule has 1 saturated heterocycles. The van der Waals surface area contributed by atoms with E-state index < -0.39 is 0 Å². The SMILES string of the molecule is Cc1ncc(CNC(=O)Nc2ccc(N3CCCC3)c(F)c2)s1. The van der Waals surface area contributed by atoms with Gasteiger partial charge in [0, 0.05) is 29.9 Å². The zero-order valence-corrected chi connectivity index (χ0v) is 13.8. The van der Waals surface area contributed by atoms with Gasteiger partial charge in [0.2, 0.25) is 0 Å². The summed E-state index contributed by atoms with van der Waals surface area (Å²) < 4.78 is 14.2. The van der Waals surface area contributed by atoms with E-state index in [9.17, 15) is 9.18 Å². The van der Waals surface area contributed by atoms with Crippen LogP contribution >= 0.6 is 11.3 Å². The average Bonchev–Trinajstić information content (AvgIpc) is 3.17. The van der Waals surface area contributed by atoms with Crippen LogP contribution in [-0.2, 0) is 6.54 Å². The quantitative estimate of drug-likeness (QED) is 0.899. The molecule has 0 radical (unpaired) electrons. The van der Waals surface area contributed by atoms with Crippen molar-refractivity contribution in [2.24, 2.45) is 0 Å². The molecule has 0 bridgehead atoms. The Bertz CT molecular complexity index is 697. The third kappa shape index (κ3) is 3.98. The first-order valence-corrected chi connectivity index (χ1v) is 8.44. The summed E-state index contributed by atoms with van der Waals surface area (Å²) in [4.78, 5) is 19.0. The smallest absolute Gasteiger partial charge is 0.319 e. The topological polar surface area (TPSA) is 57.3 Å². The highest BCUT2D eigenvalue weighted by molar-refractivity contribution is 7.11. The molecule has 1 fully saturated rings. The van der Waals surface area contributed by atoms with Gasteiger partial charge in [-0.2, -0.15) is 0 Å². The first-order valence-electron chi connectivity index (χ1n) is 7.62. The molecule has 0 atom stereocenters. The van der Waals surface area contributed by atoms with E-state index in [2.05, 4.69) is 15.6 Å². The molecular formula is C16H19FN4OS. The molecule has 5 nitrogen and oxygen atoms in total. The van der Waals surface area contributed by atoms with E-state index in [1.165, 1.54) is 17.4 Å². The van der Waals surface area contributed by atoms with E-state index in [0.29, 0.717) is 17.9 Å². The Morgan fingerprint density at radius 1 is 1.39 bits per heavy atom. The van der Waals surface area contributed by atoms with Gasteiger partial charge in [-0.05, 0) is 38.0 Å². The molecule has 2 N–H and O–H groups in total. The number of nitrogens with one attached hydrogen (secondary N) is 2. The van der Waals surface area contributed by atoms with Crippen LogP contribution in [0.4, 0.5) is 20.6 Å². The van der Waals surface area contributed by atoms with Crippen molar-refractivity contribution < 1.29 is 9.18 Å². The summed E-state index contributed by atoms with van der Waals surface area (Å²) in [6, 6.07) is 4.46. The van der Waals surface area contributed by atoms with Crippen LogP contribution in [0.25, 0.3) is 0 Å². The second-order valence-corrected chi connectivity index (χ2v) is 6.83. The largest absolute Gasteiger partial charge is 0.369 e. The minimum absolute atomic E-state index is 0.303. The van der Waals surface area contributed by atoms with Gasteiger partial charge < -0.3 is 15.5 Å². The van der Waals surface area contributed by atoms with Crippen LogP contribution in [0.3, 0.4) is 0 Å². The molecule has 0 saturated carbocycles. The predicted molar refractivity (Wildman–Crippen MR) is 90.6 cm³/mol. The molecule has 2 heterocycles. The Morgan fingerprint density at radius 2 is 2.17 bits per heavy atom. The van der Waals surface area contributed by atoms with Gasteiger partial charge >= 0.3 is 6.03 Å². The van der Waals surface area contributed by atoms with Crippen molar-refractivity contribution in [3.05, 3.63) is 40.1 Å². The van der Waals surface area contributed by atoms with Crippen molar-refractivity contribution in [2.75, 3.05) is 23.3 Å². The van der Waals surface area contributed by atoms with Crippen molar-refractivity contribution in [1.29, 1.82) is 0 Å². The number of aromatic nitrogens is 1. The van der Waals surface area contributed by atoms with Gasteiger partial charge in [0.05, 0.1) is 17.2 Å². The predicted octanol–water partition coefficient (Wildman–Crippen LogP) is 3.51. The van der Waals surface area contributed by atoms with Gasteiger partial charge in [0.25, 0.3) is 0 Å². The lowest BCUT2D eigenvalue weighted by atomic mass is 10.2. The molecule has 3 rings (SSSR count). The number of hydrogen-bond acceptors (Lipinski definition) is 4. The van der Waals surface area contributed by atoms with E-state index in [0.717, 1.165) is 35.8 Å². The van der Waals surface area contributed by atoms with E-state index in [4.69, 9.17) is 0 Å². The lowest BCUT2D eigenvalue weighted by Gasteiger charge is -2.18. The molecular weight excluding hydrogens is 315 g/mol. The minimum Gasteiger partial charge on any atom is -0.369 e. The number of rotatable bonds is 4. The number of benzene rings is 1. The van der Waals surface area contributed by atoms with E-state index in [1.54, 1.807) is 18.3 Å². The van der Waals surface area contributed by atoms with Crippen LogP contribution < -0.4 is 15.5 Å². The molecule has 1 aromatic carbocycles. The highest BCUT2D eigenvalue weighted by Gasteiger charge is 2.16. The zero-order valence-electron chi connectivity index (χ0n) is 12.9. The van der Waals surface area contributed by atoms with Crippen LogP contribution in [0.5, 0.6) is 0 Å². The molecule has 1 aliphatic rings. The number of nitrogens with zero attached hydrogens (tertiary/aromatic N) is 2. The summed E-state index contributed by atoms with van der Waals surface area (Å²) in [5, 5.41) is 6.35. The number of carbonyl (C=O) groups excluding carboxylic acids is 1. The van der Waals surface area contributed by atoms with Crippen LogP contribution in [0.1, 0.15) is 22.7 Å². The van der Waals surface area contributed by atoms with Crippen molar-refractivity contribution in [2.45, 2.75) is 26.3 Å². The molecule has 0 spiro atoms. The average molecular weight is 334 g/mol. The maximum atomic E-state index is 14.2.